The predicted octanol–water partition coefficient (Wildman–Crippen LogP) is 0.898. The Kier molecular flexibility index (Phi) is 4.46. The third kappa shape index (κ3) is 3.42. The summed E-state index contributed by atoms with van der Waals surface area (Å²) in [5.74, 6) is 0.443. The molecular weight excluding hydrogens is 260 g/mol. The number of oxime groups is 1. The van der Waals surface area contributed by atoms with Crippen LogP contribution >= 0.6 is 0 Å². The molecule has 2 aromatic rings. The summed E-state index contributed by atoms with van der Waals surface area (Å²) in [6, 6.07) is 8.81. The van der Waals surface area contributed by atoms with E-state index in [-0.39, 0.29) is 24.1 Å². The number of aliphatic hydroxyl groups excluding tert-OH is 1. The fraction of sp³-hybridized carbons (Fsp3) is 0.154. The monoisotopic (exact) mass is 274 g/mol. The number of nitrogens with zero attached hydrogens (tertiary/aromatic N) is 3. The van der Waals surface area contributed by atoms with E-state index in [2.05, 4.69) is 15.1 Å². The molecule has 0 fully saturated rings. The summed E-state index contributed by atoms with van der Waals surface area (Å²) in [6.45, 7) is 0.102. The molecule has 0 aliphatic rings. The van der Waals surface area contributed by atoms with Crippen LogP contribution in [0.4, 0.5) is 0 Å². The van der Waals surface area contributed by atoms with E-state index in [0.717, 1.165) is 5.56 Å². The molecule has 1 aromatic carbocycles. The Labute approximate surface area is 115 Å². The summed E-state index contributed by atoms with van der Waals surface area (Å²) in [6.07, 6.45) is 2.05. The molecule has 0 saturated carbocycles. The van der Waals surface area contributed by atoms with Gasteiger partial charge in [-0.15, -0.1) is 0 Å². The minimum atomic E-state index is -0.115. The highest BCUT2D eigenvalue weighted by atomic mass is 16.5. The third-order valence-corrected chi connectivity index (χ3v) is 2.54. The Balaban J connectivity index is 2.13. The molecule has 0 atom stereocenters. The van der Waals surface area contributed by atoms with Crippen LogP contribution in [-0.4, -0.2) is 32.7 Å². The Morgan fingerprint density at radius 3 is 2.65 bits per heavy atom. The second kappa shape index (κ2) is 6.48. The van der Waals surface area contributed by atoms with Gasteiger partial charge in [0.2, 0.25) is 0 Å². The van der Waals surface area contributed by atoms with Gasteiger partial charge >= 0.3 is 6.01 Å². The standard InChI is InChI=1S/C13H14N4O3/c14-12(17-19)11-5-7-15-13(16-11)20-10-3-1-9(2-4-10)6-8-18/h1-5,7,18-19H,6,8H2,(H2,14,17). The summed E-state index contributed by atoms with van der Waals surface area (Å²) < 4.78 is 5.47. The highest BCUT2D eigenvalue weighted by molar-refractivity contribution is 5.95. The molecule has 0 unspecified atom stereocenters. The Hall–Kier alpha value is -2.67. The highest BCUT2D eigenvalue weighted by Gasteiger charge is 2.05. The summed E-state index contributed by atoms with van der Waals surface area (Å²) >= 11 is 0. The van der Waals surface area contributed by atoms with Crippen LogP contribution in [0.1, 0.15) is 11.3 Å². The minimum absolute atomic E-state index is 0.101. The van der Waals surface area contributed by atoms with E-state index in [0.29, 0.717) is 12.2 Å². The Morgan fingerprint density at radius 2 is 2.00 bits per heavy atom. The molecule has 1 aromatic heterocycles. The zero-order chi connectivity index (χ0) is 14.4. The van der Waals surface area contributed by atoms with Crippen molar-refractivity contribution in [2.45, 2.75) is 6.42 Å². The van der Waals surface area contributed by atoms with Crippen molar-refractivity contribution >= 4 is 5.84 Å². The number of nitrogens with two attached hydrogens (primary N) is 1. The van der Waals surface area contributed by atoms with Gasteiger partial charge in [-0.3, -0.25) is 0 Å². The van der Waals surface area contributed by atoms with Gasteiger partial charge in [0.25, 0.3) is 0 Å². The molecule has 104 valence electrons. The van der Waals surface area contributed by atoms with Gasteiger partial charge in [0.1, 0.15) is 11.4 Å². The molecule has 0 aliphatic carbocycles. The van der Waals surface area contributed by atoms with E-state index in [9.17, 15) is 0 Å². The van der Waals surface area contributed by atoms with E-state index in [1.165, 1.54) is 12.3 Å². The minimum Gasteiger partial charge on any atom is -0.424 e. The number of hydrogen-bond donors (Lipinski definition) is 3. The predicted molar refractivity (Wildman–Crippen MR) is 71.8 cm³/mol. The van der Waals surface area contributed by atoms with Crippen molar-refractivity contribution in [3.63, 3.8) is 0 Å². The maximum absolute atomic E-state index is 8.84. The first-order valence-corrected chi connectivity index (χ1v) is 5.91. The Bertz CT molecular complexity index is 599. The maximum atomic E-state index is 8.84. The van der Waals surface area contributed by atoms with Crippen LogP contribution in [0.15, 0.2) is 41.7 Å². The van der Waals surface area contributed by atoms with Gasteiger partial charge in [-0.05, 0) is 30.2 Å². The molecule has 4 N–H and O–H groups in total. The lowest BCUT2D eigenvalue weighted by Gasteiger charge is -2.05. The molecule has 0 saturated heterocycles. The second-order valence-corrected chi connectivity index (χ2v) is 3.93. The van der Waals surface area contributed by atoms with Crippen molar-refractivity contribution in [2.24, 2.45) is 10.9 Å². The average molecular weight is 274 g/mol. The van der Waals surface area contributed by atoms with E-state index in [1.54, 1.807) is 12.1 Å². The SMILES string of the molecule is N/C(=N/O)c1ccnc(Oc2ccc(CCO)cc2)n1. The molecule has 1 heterocycles. The van der Waals surface area contributed by atoms with Crippen molar-refractivity contribution in [1.29, 1.82) is 0 Å². The van der Waals surface area contributed by atoms with Gasteiger partial charge < -0.3 is 20.8 Å². The molecule has 7 heteroatoms. The second-order valence-electron chi connectivity index (χ2n) is 3.93. The number of aromatic nitrogens is 2. The van der Waals surface area contributed by atoms with Crippen molar-refractivity contribution < 1.29 is 15.1 Å². The molecule has 0 amide bonds. The number of benzene rings is 1. The zero-order valence-corrected chi connectivity index (χ0v) is 10.6. The summed E-state index contributed by atoms with van der Waals surface area (Å²) in [4.78, 5) is 7.95. The van der Waals surface area contributed by atoms with Gasteiger partial charge in [-0.2, -0.15) is 4.98 Å². The van der Waals surface area contributed by atoms with Crippen LogP contribution in [0.5, 0.6) is 11.8 Å². The first-order chi connectivity index (χ1) is 9.72. The smallest absolute Gasteiger partial charge is 0.322 e. The van der Waals surface area contributed by atoms with Gasteiger partial charge in [-0.25, -0.2) is 4.98 Å². The largest absolute Gasteiger partial charge is 0.424 e. The lowest BCUT2D eigenvalue weighted by molar-refractivity contribution is 0.299. The maximum Gasteiger partial charge on any atom is 0.322 e. The third-order valence-electron chi connectivity index (χ3n) is 2.54. The van der Waals surface area contributed by atoms with Crippen molar-refractivity contribution in [3.05, 3.63) is 47.8 Å². The molecule has 0 aliphatic heterocycles. The molecular formula is C13H14N4O3. The van der Waals surface area contributed by atoms with Crippen LogP contribution in [0.25, 0.3) is 0 Å². The molecule has 20 heavy (non-hydrogen) atoms. The van der Waals surface area contributed by atoms with Crippen LogP contribution in [0.3, 0.4) is 0 Å². The van der Waals surface area contributed by atoms with E-state index in [4.69, 9.17) is 20.8 Å². The average Bonchev–Trinajstić information content (AvgIpc) is 2.49. The van der Waals surface area contributed by atoms with Crippen molar-refractivity contribution in [3.8, 4) is 11.8 Å². The fourth-order valence-electron chi connectivity index (χ4n) is 1.54. The van der Waals surface area contributed by atoms with Gasteiger partial charge in [0, 0.05) is 12.8 Å². The fourth-order valence-corrected chi connectivity index (χ4v) is 1.54. The molecule has 0 spiro atoms. The lowest BCUT2D eigenvalue weighted by atomic mass is 10.1. The quantitative estimate of drug-likeness (QED) is 0.323. The number of amidine groups is 1. The first-order valence-electron chi connectivity index (χ1n) is 5.91. The number of aliphatic hydroxyl groups is 1. The number of hydrogen-bond acceptors (Lipinski definition) is 6. The topological polar surface area (TPSA) is 114 Å². The van der Waals surface area contributed by atoms with Crippen molar-refractivity contribution in [2.75, 3.05) is 6.61 Å². The van der Waals surface area contributed by atoms with Gasteiger partial charge in [0.05, 0.1) is 0 Å². The first kappa shape index (κ1) is 13.8. The summed E-state index contributed by atoms with van der Waals surface area (Å²) in [7, 11) is 0. The van der Waals surface area contributed by atoms with E-state index < -0.39 is 0 Å². The van der Waals surface area contributed by atoms with Crippen LogP contribution < -0.4 is 10.5 Å². The van der Waals surface area contributed by atoms with E-state index >= 15 is 0 Å². The van der Waals surface area contributed by atoms with Gasteiger partial charge in [-0.1, -0.05) is 17.3 Å². The summed E-state index contributed by atoms with van der Waals surface area (Å²) in [5, 5.41) is 20.3. The van der Waals surface area contributed by atoms with Gasteiger partial charge in [0.15, 0.2) is 5.84 Å². The molecule has 7 nitrogen and oxygen atoms in total. The Morgan fingerprint density at radius 1 is 1.25 bits per heavy atom. The highest BCUT2D eigenvalue weighted by Crippen LogP contribution is 2.18. The van der Waals surface area contributed by atoms with Crippen LogP contribution in [0.2, 0.25) is 0 Å². The number of rotatable bonds is 5. The number of ether oxygens (including phenoxy) is 1. The molecule has 0 radical (unpaired) electrons. The lowest BCUT2D eigenvalue weighted by Crippen LogP contribution is -2.15. The van der Waals surface area contributed by atoms with Crippen LogP contribution in [-0.2, 0) is 6.42 Å². The van der Waals surface area contributed by atoms with Crippen molar-refractivity contribution in [1.82, 2.24) is 9.97 Å². The normalized spacial score (nSPS) is 11.3. The molecule has 2 rings (SSSR count). The van der Waals surface area contributed by atoms with Crippen LogP contribution in [0, 0.1) is 0 Å². The zero-order valence-electron chi connectivity index (χ0n) is 10.6. The van der Waals surface area contributed by atoms with E-state index in [1.807, 2.05) is 12.1 Å². The molecule has 0 bridgehead atoms. The summed E-state index contributed by atoms with van der Waals surface area (Å²) in [5.41, 5.74) is 6.72.